The quantitative estimate of drug-likeness (QED) is 0.391. The highest BCUT2D eigenvalue weighted by Crippen LogP contribution is 2.38. The van der Waals surface area contributed by atoms with Crippen LogP contribution in [0.2, 0.25) is 0 Å². The van der Waals surface area contributed by atoms with Gasteiger partial charge in [-0.05, 0) is 48.7 Å². The van der Waals surface area contributed by atoms with Crippen molar-refractivity contribution in [2.45, 2.75) is 12.8 Å². The van der Waals surface area contributed by atoms with Crippen molar-refractivity contribution in [3.05, 3.63) is 77.9 Å². The van der Waals surface area contributed by atoms with Gasteiger partial charge in [-0.15, -0.1) is 0 Å². The number of benzene rings is 3. The van der Waals surface area contributed by atoms with Crippen molar-refractivity contribution in [1.29, 1.82) is 0 Å². The van der Waals surface area contributed by atoms with Crippen LogP contribution in [0.25, 0.3) is 10.2 Å². The molecule has 3 aromatic carbocycles. The number of thiazole rings is 1. The number of piperazine rings is 1. The van der Waals surface area contributed by atoms with Crippen molar-refractivity contribution in [3.63, 3.8) is 0 Å². The number of amides is 1. The first-order valence-corrected chi connectivity index (χ1v) is 13.0. The standard InChI is InChI=1S/C28H28N4O2S/c1-34-24-13-5-4-12-23(24)30-16-18-31(19-17-30)27(33)21-10-6-14-25-26(21)29-28(35-25)32-15-7-9-20-8-2-3-11-22(20)32/h2-6,8,10-14H,7,9,15-19H2,1H3. The minimum Gasteiger partial charge on any atom is -0.495 e. The van der Waals surface area contributed by atoms with Crippen LogP contribution in [0, 0.1) is 0 Å². The van der Waals surface area contributed by atoms with Crippen molar-refractivity contribution in [1.82, 2.24) is 9.88 Å². The van der Waals surface area contributed by atoms with Gasteiger partial charge in [-0.1, -0.05) is 47.7 Å². The maximum absolute atomic E-state index is 13.6. The van der Waals surface area contributed by atoms with Gasteiger partial charge in [-0.2, -0.15) is 0 Å². The van der Waals surface area contributed by atoms with Crippen LogP contribution in [-0.4, -0.2) is 55.6 Å². The highest BCUT2D eigenvalue weighted by molar-refractivity contribution is 7.22. The topological polar surface area (TPSA) is 48.9 Å². The van der Waals surface area contributed by atoms with E-state index < -0.39 is 0 Å². The summed E-state index contributed by atoms with van der Waals surface area (Å²) in [6.45, 7) is 3.84. The van der Waals surface area contributed by atoms with Crippen LogP contribution < -0.4 is 14.5 Å². The second-order valence-electron chi connectivity index (χ2n) is 8.98. The van der Waals surface area contributed by atoms with Crippen LogP contribution in [-0.2, 0) is 6.42 Å². The number of anilines is 3. The molecule has 0 bridgehead atoms. The average Bonchev–Trinajstić information content (AvgIpc) is 3.37. The number of carbonyl (C=O) groups excluding carboxylic acids is 1. The Kier molecular flexibility index (Phi) is 5.78. The molecule has 0 saturated carbocycles. The largest absolute Gasteiger partial charge is 0.495 e. The lowest BCUT2D eigenvalue weighted by Gasteiger charge is -2.36. The van der Waals surface area contributed by atoms with Crippen molar-refractivity contribution in [2.24, 2.45) is 0 Å². The summed E-state index contributed by atoms with van der Waals surface area (Å²) in [6.07, 6.45) is 2.21. The second kappa shape index (κ2) is 9.23. The van der Waals surface area contributed by atoms with E-state index in [0.29, 0.717) is 18.7 Å². The fourth-order valence-corrected chi connectivity index (χ4v) is 6.20. The molecule has 4 aromatic rings. The Labute approximate surface area is 209 Å². The van der Waals surface area contributed by atoms with Crippen LogP contribution in [0.5, 0.6) is 5.75 Å². The monoisotopic (exact) mass is 484 g/mol. The Morgan fingerprint density at radius 3 is 2.49 bits per heavy atom. The molecule has 0 radical (unpaired) electrons. The zero-order chi connectivity index (χ0) is 23.8. The third-order valence-corrected chi connectivity index (χ3v) is 8.02. The SMILES string of the molecule is COc1ccccc1N1CCN(C(=O)c2cccc3sc(N4CCCc5ccccc54)nc23)CC1. The predicted molar refractivity (Wildman–Crippen MR) is 142 cm³/mol. The molecule has 0 aliphatic carbocycles. The van der Waals surface area contributed by atoms with Gasteiger partial charge in [0, 0.05) is 38.4 Å². The average molecular weight is 485 g/mol. The molecule has 1 aromatic heterocycles. The minimum atomic E-state index is 0.0613. The summed E-state index contributed by atoms with van der Waals surface area (Å²) in [5, 5.41) is 0.966. The molecule has 0 N–H and O–H groups in total. The molecule has 0 unspecified atom stereocenters. The molecule has 7 heteroatoms. The molecule has 6 rings (SSSR count). The van der Waals surface area contributed by atoms with Crippen LogP contribution >= 0.6 is 11.3 Å². The summed E-state index contributed by atoms with van der Waals surface area (Å²) in [5.41, 5.74) is 5.18. The van der Waals surface area contributed by atoms with E-state index in [-0.39, 0.29) is 5.91 Å². The molecule has 3 heterocycles. The van der Waals surface area contributed by atoms with Crippen LogP contribution in [0.1, 0.15) is 22.3 Å². The number of para-hydroxylation sites is 4. The molecule has 6 nitrogen and oxygen atoms in total. The Bertz CT molecular complexity index is 1380. The highest BCUT2D eigenvalue weighted by Gasteiger charge is 2.27. The van der Waals surface area contributed by atoms with Crippen LogP contribution in [0.4, 0.5) is 16.5 Å². The minimum absolute atomic E-state index is 0.0613. The van der Waals surface area contributed by atoms with Crippen LogP contribution in [0.3, 0.4) is 0 Å². The third-order valence-electron chi connectivity index (χ3n) is 6.97. The maximum Gasteiger partial charge on any atom is 0.256 e. The van der Waals surface area contributed by atoms with E-state index in [1.165, 1.54) is 11.3 Å². The molecule has 35 heavy (non-hydrogen) atoms. The van der Waals surface area contributed by atoms with Gasteiger partial charge in [0.15, 0.2) is 5.13 Å². The first kappa shape index (κ1) is 21.9. The number of rotatable bonds is 4. The van der Waals surface area contributed by atoms with E-state index in [4.69, 9.17) is 9.72 Å². The fourth-order valence-electron chi connectivity index (χ4n) is 5.17. The number of aromatic nitrogens is 1. The zero-order valence-electron chi connectivity index (χ0n) is 19.8. The maximum atomic E-state index is 13.6. The Morgan fingerprint density at radius 1 is 0.886 bits per heavy atom. The molecular formula is C28H28N4O2S. The van der Waals surface area contributed by atoms with Gasteiger partial charge in [-0.25, -0.2) is 4.98 Å². The predicted octanol–water partition coefficient (Wildman–Crippen LogP) is 5.35. The van der Waals surface area contributed by atoms with E-state index in [1.807, 2.05) is 35.2 Å². The summed E-state index contributed by atoms with van der Waals surface area (Å²) in [6, 6.07) is 22.6. The van der Waals surface area contributed by atoms with E-state index in [2.05, 4.69) is 46.2 Å². The summed E-state index contributed by atoms with van der Waals surface area (Å²) < 4.78 is 6.59. The van der Waals surface area contributed by atoms with Gasteiger partial charge < -0.3 is 19.4 Å². The van der Waals surface area contributed by atoms with Crippen LogP contribution in [0.15, 0.2) is 66.7 Å². The Hall–Kier alpha value is -3.58. The lowest BCUT2D eigenvalue weighted by atomic mass is 10.0. The molecular weight excluding hydrogens is 456 g/mol. The number of methoxy groups -OCH3 is 1. The lowest BCUT2D eigenvalue weighted by Crippen LogP contribution is -2.48. The van der Waals surface area contributed by atoms with Crippen molar-refractivity contribution < 1.29 is 9.53 Å². The van der Waals surface area contributed by atoms with Gasteiger partial charge in [0.05, 0.1) is 28.6 Å². The number of carbonyl (C=O) groups is 1. The fraction of sp³-hybridized carbons (Fsp3) is 0.286. The van der Waals surface area contributed by atoms with Crippen molar-refractivity contribution >= 4 is 44.0 Å². The Balaban J connectivity index is 1.24. The van der Waals surface area contributed by atoms with Gasteiger partial charge in [-0.3, -0.25) is 4.79 Å². The number of aryl methyl sites for hydroxylation is 1. The molecule has 0 spiro atoms. The number of hydrogen-bond donors (Lipinski definition) is 0. The van der Waals surface area contributed by atoms with E-state index in [1.54, 1.807) is 18.4 Å². The Morgan fingerprint density at radius 2 is 1.66 bits per heavy atom. The van der Waals surface area contributed by atoms with Crippen molar-refractivity contribution in [2.75, 3.05) is 49.6 Å². The normalized spacial score (nSPS) is 15.9. The molecule has 2 aliphatic heterocycles. The summed E-state index contributed by atoms with van der Waals surface area (Å²) in [7, 11) is 1.70. The van der Waals surface area contributed by atoms with E-state index in [0.717, 1.165) is 59.3 Å². The van der Waals surface area contributed by atoms with Gasteiger partial charge in [0.25, 0.3) is 5.91 Å². The zero-order valence-corrected chi connectivity index (χ0v) is 20.6. The molecule has 0 atom stereocenters. The molecule has 1 saturated heterocycles. The van der Waals surface area contributed by atoms with Gasteiger partial charge in [0.2, 0.25) is 0 Å². The molecule has 1 amide bonds. The third kappa shape index (κ3) is 4.00. The van der Waals surface area contributed by atoms with E-state index in [9.17, 15) is 4.79 Å². The smallest absolute Gasteiger partial charge is 0.256 e. The van der Waals surface area contributed by atoms with E-state index >= 15 is 0 Å². The molecule has 2 aliphatic rings. The lowest BCUT2D eigenvalue weighted by molar-refractivity contribution is 0.0748. The molecule has 1 fully saturated rings. The summed E-state index contributed by atoms with van der Waals surface area (Å²) in [5.74, 6) is 0.928. The van der Waals surface area contributed by atoms with Gasteiger partial charge in [0.1, 0.15) is 5.75 Å². The number of ether oxygens (including phenoxy) is 1. The van der Waals surface area contributed by atoms with Gasteiger partial charge >= 0.3 is 0 Å². The summed E-state index contributed by atoms with van der Waals surface area (Å²) in [4.78, 5) is 25.2. The van der Waals surface area contributed by atoms with Crippen molar-refractivity contribution in [3.8, 4) is 5.75 Å². The first-order chi connectivity index (χ1) is 17.2. The first-order valence-electron chi connectivity index (χ1n) is 12.1. The summed E-state index contributed by atoms with van der Waals surface area (Å²) >= 11 is 1.67. The second-order valence-corrected chi connectivity index (χ2v) is 9.99. The number of fused-ring (bicyclic) bond motifs is 2. The highest BCUT2D eigenvalue weighted by atomic mass is 32.1. The number of nitrogens with zero attached hydrogens (tertiary/aromatic N) is 4. The number of hydrogen-bond acceptors (Lipinski definition) is 6. The molecule has 178 valence electrons.